The molecule has 2 aromatic carbocycles. The van der Waals surface area contributed by atoms with E-state index >= 15 is 0 Å². The van der Waals surface area contributed by atoms with Crippen molar-refractivity contribution in [1.29, 1.82) is 0 Å². The second-order valence-corrected chi connectivity index (χ2v) is 7.56. The number of carboxylic acids is 1. The minimum Gasteiger partial charge on any atom is -0.497 e. The lowest BCUT2D eigenvalue weighted by atomic mass is 10.0. The van der Waals surface area contributed by atoms with Crippen LogP contribution in [0, 0.1) is 0 Å². The minimum atomic E-state index is -1.14. The summed E-state index contributed by atoms with van der Waals surface area (Å²) in [5.74, 6) is -0.813. The summed E-state index contributed by atoms with van der Waals surface area (Å²) in [5, 5.41) is 15.0. The van der Waals surface area contributed by atoms with Crippen molar-refractivity contribution in [2.75, 3.05) is 12.4 Å². The fourth-order valence-electron chi connectivity index (χ4n) is 2.68. The summed E-state index contributed by atoms with van der Waals surface area (Å²) in [6.07, 6.45) is 0.0935. The van der Waals surface area contributed by atoms with E-state index in [0.717, 1.165) is 16.9 Å². The molecule has 3 aromatic rings. The maximum atomic E-state index is 12.4. The van der Waals surface area contributed by atoms with Crippen LogP contribution in [0.1, 0.15) is 15.9 Å². The number of thiophene rings is 1. The number of anilines is 1. The van der Waals surface area contributed by atoms with Gasteiger partial charge >= 0.3 is 5.97 Å². The Balaban J connectivity index is 1.86. The fraction of sp³-hybridized carbons (Fsp3) is 0.100. The van der Waals surface area contributed by atoms with Crippen molar-refractivity contribution in [2.45, 2.75) is 6.42 Å². The van der Waals surface area contributed by atoms with Crippen molar-refractivity contribution in [3.63, 3.8) is 0 Å². The van der Waals surface area contributed by atoms with Crippen molar-refractivity contribution in [2.24, 2.45) is 0 Å². The molecule has 8 heteroatoms. The number of amides is 1. The third-order valence-corrected chi connectivity index (χ3v) is 5.62. The number of carboxylic acid groups (broad SMARTS) is 1. The summed E-state index contributed by atoms with van der Waals surface area (Å²) in [5.41, 5.74) is 1.85. The highest BCUT2D eigenvalue weighted by atomic mass is 35.5. The molecule has 1 amide bonds. The second kappa shape index (κ2) is 8.65. The van der Waals surface area contributed by atoms with Crippen molar-refractivity contribution in [3.05, 3.63) is 69.0 Å². The van der Waals surface area contributed by atoms with Gasteiger partial charge in [-0.25, -0.2) is 4.79 Å². The van der Waals surface area contributed by atoms with Crippen LogP contribution in [0.25, 0.3) is 11.1 Å². The number of carbonyl (C=O) groups excluding carboxylic acids is 1. The lowest BCUT2D eigenvalue weighted by molar-refractivity contribution is -0.115. The Bertz CT molecular complexity index is 1050. The predicted molar refractivity (Wildman–Crippen MR) is 112 cm³/mol. The Morgan fingerprint density at radius 2 is 1.93 bits per heavy atom. The average molecular weight is 436 g/mol. The molecule has 0 atom stereocenters. The lowest BCUT2D eigenvalue weighted by Crippen LogP contribution is -2.15. The standard InChI is InChI=1S/C20H15Cl2NO4S/c1-27-13-4-2-3-11(7-13)8-17(24)23-19-18(20(25)26)14(10-28-19)12-5-6-15(21)16(22)9-12/h2-7,9-10H,8H2,1H3,(H,23,24)(H,25,26). The maximum absolute atomic E-state index is 12.4. The molecule has 5 nitrogen and oxygen atoms in total. The molecule has 0 unspecified atom stereocenters. The molecule has 1 heterocycles. The number of carbonyl (C=O) groups is 2. The molecular formula is C20H15Cl2NO4S. The molecule has 2 N–H and O–H groups in total. The summed E-state index contributed by atoms with van der Waals surface area (Å²) in [6, 6.07) is 12.0. The van der Waals surface area contributed by atoms with Gasteiger partial charge in [-0.05, 0) is 35.4 Å². The highest BCUT2D eigenvalue weighted by Gasteiger charge is 2.21. The molecule has 0 saturated heterocycles. The largest absolute Gasteiger partial charge is 0.497 e. The Morgan fingerprint density at radius 1 is 1.14 bits per heavy atom. The molecule has 0 aliphatic rings. The summed E-state index contributed by atoms with van der Waals surface area (Å²) in [4.78, 5) is 24.3. The molecule has 3 rings (SSSR count). The highest BCUT2D eigenvalue weighted by Crippen LogP contribution is 2.37. The van der Waals surface area contributed by atoms with Gasteiger partial charge in [-0.3, -0.25) is 4.79 Å². The number of aromatic carboxylic acids is 1. The van der Waals surface area contributed by atoms with E-state index in [9.17, 15) is 14.7 Å². The lowest BCUT2D eigenvalue weighted by Gasteiger charge is -2.08. The number of hydrogen-bond acceptors (Lipinski definition) is 4. The zero-order valence-corrected chi connectivity index (χ0v) is 17.0. The number of halogens is 2. The number of nitrogens with one attached hydrogen (secondary N) is 1. The van der Waals surface area contributed by atoms with Crippen LogP contribution in [0.3, 0.4) is 0 Å². The number of rotatable bonds is 6. The zero-order valence-electron chi connectivity index (χ0n) is 14.7. The first-order valence-electron chi connectivity index (χ1n) is 8.12. The van der Waals surface area contributed by atoms with Gasteiger partial charge in [0.15, 0.2) is 0 Å². The number of hydrogen-bond donors (Lipinski definition) is 2. The van der Waals surface area contributed by atoms with Crippen molar-refractivity contribution in [1.82, 2.24) is 0 Å². The smallest absolute Gasteiger partial charge is 0.339 e. The Labute approximate surface area is 175 Å². The van der Waals surface area contributed by atoms with E-state index in [0.29, 0.717) is 26.9 Å². The minimum absolute atomic E-state index is 0.0161. The summed E-state index contributed by atoms with van der Waals surface area (Å²) < 4.78 is 5.15. The van der Waals surface area contributed by atoms with Gasteiger partial charge in [-0.2, -0.15) is 0 Å². The van der Waals surface area contributed by atoms with Crippen LogP contribution in [-0.4, -0.2) is 24.1 Å². The topological polar surface area (TPSA) is 75.6 Å². The van der Waals surface area contributed by atoms with Crippen molar-refractivity contribution >= 4 is 51.4 Å². The summed E-state index contributed by atoms with van der Waals surface area (Å²) in [6.45, 7) is 0. The number of methoxy groups -OCH3 is 1. The molecule has 144 valence electrons. The van der Waals surface area contributed by atoms with Gasteiger partial charge in [0.05, 0.1) is 23.6 Å². The first-order valence-corrected chi connectivity index (χ1v) is 9.75. The van der Waals surface area contributed by atoms with Gasteiger partial charge in [0.1, 0.15) is 16.3 Å². The van der Waals surface area contributed by atoms with E-state index in [2.05, 4.69) is 5.32 Å². The van der Waals surface area contributed by atoms with Crippen LogP contribution in [0.15, 0.2) is 47.8 Å². The molecule has 0 fully saturated rings. The monoisotopic (exact) mass is 435 g/mol. The van der Waals surface area contributed by atoms with Gasteiger partial charge in [-0.1, -0.05) is 41.4 Å². The molecular weight excluding hydrogens is 421 g/mol. The van der Waals surface area contributed by atoms with E-state index in [1.165, 1.54) is 0 Å². The molecule has 28 heavy (non-hydrogen) atoms. The molecule has 0 spiro atoms. The third-order valence-electron chi connectivity index (χ3n) is 3.99. The van der Waals surface area contributed by atoms with E-state index in [4.69, 9.17) is 27.9 Å². The molecule has 0 bridgehead atoms. The van der Waals surface area contributed by atoms with Crippen LogP contribution in [0.5, 0.6) is 5.75 Å². The Hall–Kier alpha value is -2.54. The second-order valence-electron chi connectivity index (χ2n) is 5.86. The zero-order chi connectivity index (χ0) is 20.3. The number of ether oxygens (including phenoxy) is 1. The van der Waals surface area contributed by atoms with Crippen LogP contribution < -0.4 is 10.1 Å². The summed E-state index contributed by atoms with van der Waals surface area (Å²) in [7, 11) is 1.55. The predicted octanol–water partition coefficient (Wildman–Crippen LogP) is 5.61. The third kappa shape index (κ3) is 4.47. The van der Waals surface area contributed by atoms with Gasteiger partial charge < -0.3 is 15.2 Å². The van der Waals surface area contributed by atoms with Crippen LogP contribution in [0.4, 0.5) is 5.00 Å². The van der Waals surface area contributed by atoms with Gasteiger partial charge in [0.2, 0.25) is 5.91 Å². The normalized spacial score (nSPS) is 10.5. The average Bonchev–Trinajstić information content (AvgIpc) is 3.07. The molecule has 0 radical (unpaired) electrons. The van der Waals surface area contributed by atoms with Crippen LogP contribution in [0.2, 0.25) is 10.0 Å². The van der Waals surface area contributed by atoms with E-state index < -0.39 is 5.97 Å². The Kier molecular flexibility index (Phi) is 6.24. The van der Waals surface area contributed by atoms with E-state index in [1.54, 1.807) is 55.0 Å². The molecule has 0 saturated carbocycles. The van der Waals surface area contributed by atoms with Crippen LogP contribution in [-0.2, 0) is 11.2 Å². The molecule has 0 aliphatic heterocycles. The fourth-order valence-corrected chi connectivity index (χ4v) is 3.95. The molecule has 0 aliphatic carbocycles. The van der Waals surface area contributed by atoms with Crippen molar-refractivity contribution < 1.29 is 19.4 Å². The van der Waals surface area contributed by atoms with Gasteiger partial charge in [-0.15, -0.1) is 11.3 Å². The number of benzene rings is 2. The Morgan fingerprint density at radius 3 is 2.61 bits per heavy atom. The summed E-state index contributed by atoms with van der Waals surface area (Å²) >= 11 is 13.1. The van der Waals surface area contributed by atoms with Crippen molar-refractivity contribution in [3.8, 4) is 16.9 Å². The van der Waals surface area contributed by atoms with E-state index in [-0.39, 0.29) is 22.9 Å². The van der Waals surface area contributed by atoms with E-state index in [1.807, 2.05) is 0 Å². The first-order chi connectivity index (χ1) is 13.4. The maximum Gasteiger partial charge on any atom is 0.339 e. The van der Waals surface area contributed by atoms with Crippen LogP contribution >= 0.6 is 34.5 Å². The first kappa shape index (κ1) is 20.2. The molecule has 1 aromatic heterocycles. The highest BCUT2D eigenvalue weighted by molar-refractivity contribution is 7.15. The quantitative estimate of drug-likeness (QED) is 0.527. The van der Waals surface area contributed by atoms with Gasteiger partial charge in [0.25, 0.3) is 0 Å². The van der Waals surface area contributed by atoms with Gasteiger partial charge in [0, 0.05) is 10.9 Å². The SMILES string of the molecule is COc1cccc(CC(=O)Nc2scc(-c3ccc(Cl)c(Cl)c3)c2C(=O)O)c1.